The van der Waals surface area contributed by atoms with Crippen LogP contribution in [0.1, 0.15) is 76.2 Å². The first-order chi connectivity index (χ1) is 16.2. The second-order valence-electron chi connectivity index (χ2n) is 10.8. The average Bonchev–Trinajstić information content (AvgIpc) is 3.33. The summed E-state index contributed by atoms with van der Waals surface area (Å²) in [5, 5.41) is 11.3. The molecule has 1 N–H and O–H groups in total. The van der Waals surface area contributed by atoms with Crippen molar-refractivity contribution in [1.29, 1.82) is 0 Å². The van der Waals surface area contributed by atoms with Gasteiger partial charge in [0.05, 0.1) is 6.10 Å². The highest BCUT2D eigenvalue weighted by Gasteiger charge is 2.31. The summed E-state index contributed by atoms with van der Waals surface area (Å²) >= 11 is 0. The number of β-amino-alcohol motifs (C(OH)–C–C–N with tert-alkyl or cyclic N) is 1. The summed E-state index contributed by atoms with van der Waals surface area (Å²) in [5.41, 5.74) is 1.34. The zero-order valence-corrected chi connectivity index (χ0v) is 20.9. The van der Waals surface area contributed by atoms with Crippen LogP contribution in [0.4, 0.5) is 0 Å². The molecule has 186 valence electrons. The molecule has 2 fully saturated rings. The Morgan fingerprint density at radius 3 is 2.45 bits per heavy atom. The van der Waals surface area contributed by atoms with Gasteiger partial charge >= 0.3 is 0 Å². The van der Waals surface area contributed by atoms with E-state index < -0.39 is 0 Å². The van der Waals surface area contributed by atoms with Gasteiger partial charge in [-0.15, -0.1) is 0 Å². The maximum atomic E-state index is 11.3. The number of hydrogen-bond donors (Lipinski definition) is 1. The van der Waals surface area contributed by atoms with Gasteiger partial charge in [-0.2, -0.15) is 0 Å². The lowest BCUT2D eigenvalue weighted by molar-refractivity contribution is 0.0265. The summed E-state index contributed by atoms with van der Waals surface area (Å²) in [6.45, 7) is 5.64. The van der Waals surface area contributed by atoms with Crippen molar-refractivity contribution in [2.45, 2.75) is 83.2 Å². The largest absolute Gasteiger partial charge is 0.454 e. The molecular formula is C28H46N2O3. The van der Waals surface area contributed by atoms with Gasteiger partial charge in [0.15, 0.2) is 11.5 Å². The topological polar surface area (TPSA) is 45.2 Å². The van der Waals surface area contributed by atoms with E-state index in [1.54, 1.807) is 0 Å². The number of hydrogen-bond acceptors (Lipinski definition) is 5. The first-order valence-electron chi connectivity index (χ1n) is 13.7. The lowest BCUT2D eigenvalue weighted by Crippen LogP contribution is -2.42. The van der Waals surface area contributed by atoms with Gasteiger partial charge in [-0.05, 0) is 76.0 Å². The van der Waals surface area contributed by atoms with Crippen LogP contribution < -0.4 is 9.47 Å². The molecule has 2 heterocycles. The Morgan fingerprint density at radius 2 is 1.64 bits per heavy atom. The SMILES string of the molecule is CN1CCCN(CCCCc2ccc3c(c2)OCO3)CC(C2CCCCCCCC2)C(O)C1. The molecule has 3 aliphatic rings. The molecule has 0 radical (unpaired) electrons. The molecule has 0 spiro atoms. The smallest absolute Gasteiger partial charge is 0.231 e. The normalized spacial score (nSPS) is 26.6. The van der Waals surface area contributed by atoms with Gasteiger partial charge in [-0.1, -0.05) is 57.4 Å². The Morgan fingerprint density at radius 1 is 0.879 bits per heavy atom. The van der Waals surface area contributed by atoms with Gasteiger partial charge < -0.3 is 24.4 Å². The Bertz CT molecular complexity index is 702. The van der Waals surface area contributed by atoms with Gasteiger partial charge in [0.25, 0.3) is 0 Å². The number of fused-ring (bicyclic) bond motifs is 1. The van der Waals surface area contributed by atoms with Gasteiger partial charge in [0.2, 0.25) is 6.79 Å². The Balaban J connectivity index is 1.32. The Hall–Kier alpha value is -1.30. The van der Waals surface area contributed by atoms with E-state index in [-0.39, 0.29) is 6.10 Å². The van der Waals surface area contributed by atoms with Crippen molar-refractivity contribution in [2.24, 2.45) is 11.8 Å². The highest BCUT2D eigenvalue weighted by molar-refractivity contribution is 5.44. The predicted molar refractivity (Wildman–Crippen MR) is 134 cm³/mol. The summed E-state index contributed by atoms with van der Waals surface area (Å²) < 4.78 is 11.0. The summed E-state index contributed by atoms with van der Waals surface area (Å²) in [7, 11) is 2.19. The van der Waals surface area contributed by atoms with E-state index in [1.807, 2.05) is 6.07 Å². The molecule has 0 bridgehead atoms. The molecule has 2 aliphatic heterocycles. The minimum absolute atomic E-state index is 0.199. The van der Waals surface area contributed by atoms with E-state index >= 15 is 0 Å². The van der Waals surface area contributed by atoms with E-state index in [4.69, 9.17) is 9.47 Å². The molecule has 1 saturated heterocycles. The lowest BCUT2D eigenvalue weighted by Gasteiger charge is -2.35. The van der Waals surface area contributed by atoms with E-state index in [9.17, 15) is 5.11 Å². The number of aliphatic hydroxyl groups is 1. The fourth-order valence-electron chi connectivity index (χ4n) is 6.14. The van der Waals surface area contributed by atoms with Crippen LogP contribution in [-0.2, 0) is 6.42 Å². The third-order valence-electron chi connectivity index (χ3n) is 8.11. The van der Waals surface area contributed by atoms with Crippen LogP contribution >= 0.6 is 0 Å². The van der Waals surface area contributed by atoms with Crippen LogP contribution in [0.2, 0.25) is 0 Å². The summed E-state index contributed by atoms with van der Waals surface area (Å²) in [4.78, 5) is 5.04. The average molecular weight is 459 g/mol. The Kier molecular flexibility index (Phi) is 9.75. The van der Waals surface area contributed by atoms with Crippen molar-refractivity contribution >= 4 is 0 Å². The maximum Gasteiger partial charge on any atom is 0.231 e. The van der Waals surface area contributed by atoms with Crippen LogP contribution in [0.15, 0.2) is 18.2 Å². The molecule has 5 nitrogen and oxygen atoms in total. The van der Waals surface area contributed by atoms with Crippen LogP contribution in [0, 0.1) is 11.8 Å². The van der Waals surface area contributed by atoms with Crippen LogP contribution in [0.25, 0.3) is 0 Å². The quantitative estimate of drug-likeness (QED) is 0.601. The van der Waals surface area contributed by atoms with Crippen molar-refractivity contribution in [3.63, 3.8) is 0 Å². The zero-order valence-electron chi connectivity index (χ0n) is 20.9. The number of unbranched alkanes of at least 4 members (excludes halogenated alkanes) is 1. The molecule has 2 atom stereocenters. The third kappa shape index (κ3) is 7.60. The number of benzene rings is 1. The van der Waals surface area contributed by atoms with Crippen molar-refractivity contribution in [3.8, 4) is 11.5 Å². The number of ether oxygens (including phenoxy) is 2. The molecule has 0 amide bonds. The van der Waals surface area contributed by atoms with Crippen molar-refractivity contribution in [1.82, 2.24) is 9.80 Å². The van der Waals surface area contributed by atoms with Gasteiger partial charge in [0, 0.05) is 19.0 Å². The van der Waals surface area contributed by atoms with Crippen LogP contribution in [-0.4, -0.2) is 67.6 Å². The predicted octanol–water partition coefficient (Wildman–Crippen LogP) is 5.10. The zero-order chi connectivity index (χ0) is 22.9. The fraction of sp³-hybridized carbons (Fsp3) is 0.786. The van der Waals surface area contributed by atoms with Gasteiger partial charge in [-0.25, -0.2) is 0 Å². The third-order valence-corrected chi connectivity index (χ3v) is 8.11. The van der Waals surface area contributed by atoms with E-state index in [0.717, 1.165) is 50.6 Å². The fourth-order valence-corrected chi connectivity index (χ4v) is 6.14. The number of nitrogens with zero attached hydrogens (tertiary/aromatic N) is 2. The van der Waals surface area contributed by atoms with E-state index in [0.29, 0.717) is 18.6 Å². The van der Waals surface area contributed by atoms with Gasteiger partial charge in [0.1, 0.15) is 0 Å². The highest BCUT2D eigenvalue weighted by atomic mass is 16.7. The maximum absolute atomic E-state index is 11.3. The molecule has 5 heteroatoms. The van der Waals surface area contributed by atoms with Crippen LogP contribution in [0.3, 0.4) is 0 Å². The standard InChI is InChI=1S/C28H46N2O3/c1-29-16-10-18-30(17-9-8-11-23-14-15-27-28(19-23)33-22-32-27)20-25(26(31)21-29)24-12-6-4-2-3-5-7-13-24/h14-15,19,24-26,31H,2-13,16-18,20-22H2,1H3. The minimum Gasteiger partial charge on any atom is -0.454 e. The molecule has 33 heavy (non-hydrogen) atoms. The van der Waals surface area contributed by atoms with Gasteiger partial charge in [-0.3, -0.25) is 0 Å². The minimum atomic E-state index is -0.199. The number of aliphatic hydroxyl groups excluding tert-OH is 1. The molecule has 2 unspecified atom stereocenters. The summed E-state index contributed by atoms with van der Waals surface area (Å²) in [6.07, 6.45) is 15.3. The van der Waals surface area contributed by atoms with Crippen LogP contribution in [0.5, 0.6) is 11.5 Å². The summed E-state index contributed by atoms with van der Waals surface area (Å²) in [5.74, 6) is 2.86. The van der Waals surface area contributed by atoms with Crippen molar-refractivity contribution < 1.29 is 14.6 Å². The molecule has 0 aromatic heterocycles. The number of aryl methyl sites for hydroxylation is 1. The van der Waals surface area contributed by atoms with Crippen molar-refractivity contribution in [3.05, 3.63) is 23.8 Å². The first-order valence-corrected chi connectivity index (χ1v) is 13.7. The first kappa shape index (κ1) is 24.8. The molecular weight excluding hydrogens is 412 g/mol. The monoisotopic (exact) mass is 458 g/mol. The second-order valence-corrected chi connectivity index (χ2v) is 10.8. The molecule has 1 aromatic carbocycles. The highest BCUT2D eigenvalue weighted by Crippen LogP contribution is 2.33. The number of rotatable bonds is 6. The molecule has 1 saturated carbocycles. The van der Waals surface area contributed by atoms with Crippen molar-refractivity contribution in [2.75, 3.05) is 46.6 Å². The molecule has 4 rings (SSSR count). The second kappa shape index (κ2) is 13.0. The van der Waals surface area contributed by atoms with E-state index in [1.165, 1.54) is 76.2 Å². The molecule has 1 aromatic rings. The number of likely N-dealkylation sites (N-methyl/N-ethyl adjacent to an activating group) is 1. The Labute approximate surface area is 201 Å². The van der Waals surface area contributed by atoms with E-state index in [2.05, 4.69) is 29.0 Å². The lowest BCUT2D eigenvalue weighted by atomic mass is 9.80. The summed E-state index contributed by atoms with van der Waals surface area (Å²) in [6, 6.07) is 6.36. The molecule has 1 aliphatic carbocycles.